The Hall–Kier alpha value is -5.60. The molecule has 0 saturated carbocycles. The normalized spacial score (nSPS) is 12.8. The van der Waals surface area contributed by atoms with Crippen LogP contribution in [0.2, 0.25) is 0 Å². The Bertz CT molecular complexity index is 2390. The summed E-state index contributed by atoms with van der Waals surface area (Å²) in [5, 5.41) is 5.31. The fourth-order valence-electron chi connectivity index (χ4n) is 7.86. The van der Waals surface area contributed by atoms with Crippen molar-refractivity contribution in [2.24, 2.45) is 0 Å². The third-order valence-electron chi connectivity index (χ3n) is 10.1. The van der Waals surface area contributed by atoms with Crippen LogP contribution >= 0.6 is 0 Å². The molecule has 0 fully saturated rings. The number of para-hydroxylation sites is 2. The van der Waals surface area contributed by atoms with E-state index in [0.717, 1.165) is 19.5 Å². The molecule has 2 nitrogen and oxygen atoms in total. The zero-order valence-corrected chi connectivity index (χ0v) is 26.9. The van der Waals surface area contributed by atoms with Gasteiger partial charge in [-0.15, -0.1) is 0 Å². The van der Waals surface area contributed by atoms with Crippen molar-refractivity contribution in [2.75, 3.05) is 0 Å². The maximum Gasteiger partial charge on any atom is 0.0497 e. The molecular weight excluding hydrogens is 569 g/mol. The summed E-state index contributed by atoms with van der Waals surface area (Å²) in [4.78, 5) is 0. The molecule has 9 rings (SSSR count). The highest BCUT2D eigenvalue weighted by Crippen LogP contribution is 2.38. The molecule has 2 aromatic heterocycles. The van der Waals surface area contributed by atoms with E-state index >= 15 is 0 Å². The summed E-state index contributed by atoms with van der Waals surface area (Å²) >= 11 is 0. The van der Waals surface area contributed by atoms with Crippen LogP contribution in [0.15, 0.2) is 121 Å². The summed E-state index contributed by atoms with van der Waals surface area (Å²) in [5.41, 5.74) is 15.7. The van der Waals surface area contributed by atoms with Crippen molar-refractivity contribution >= 4 is 67.9 Å². The molecule has 0 N–H and O–H groups in total. The molecule has 1 aliphatic carbocycles. The molecule has 6 aromatic carbocycles. The summed E-state index contributed by atoms with van der Waals surface area (Å²) in [6.07, 6.45) is 9.99. The van der Waals surface area contributed by atoms with Crippen molar-refractivity contribution < 1.29 is 0 Å². The second-order valence-electron chi connectivity index (χ2n) is 12.8. The number of nitrogens with zero attached hydrogens (tertiary/aromatic N) is 2. The van der Waals surface area contributed by atoms with E-state index in [1.807, 2.05) is 0 Å². The van der Waals surface area contributed by atoms with Gasteiger partial charge in [0.25, 0.3) is 0 Å². The number of hydrogen-bond donors (Lipinski definition) is 0. The quantitative estimate of drug-likeness (QED) is 0.167. The van der Waals surface area contributed by atoms with E-state index in [2.05, 4.69) is 169 Å². The van der Waals surface area contributed by atoms with Gasteiger partial charge in [-0.25, -0.2) is 0 Å². The second kappa shape index (κ2) is 11.0. The van der Waals surface area contributed by atoms with Gasteiger partial charge in [-0.3, -0.25) is 0 Å². The molecule has 0 amide bonds. The number of fused-ring (bicyclic) bond motifs is 9. The molecule has 0 unspecified atom stereocenters. The van der Waals surface area contributed by atoms with E-state index in [0.29, 0.717) is 0 Å². The Morgan fingerprint density at radius 1 is 0.426 bits per heavy atom. The zero-order valence-electron chi connectivity index (χ0n) is 26.9. The van der Waals surface area contributed by atoms with Crippen molar-refractivity contribution in [2.45, 2.75) is 33.4 Å². The fourth-order valence-corrected chi connectivity index (χ4v) is 7.86. The monoisotopic (exact) mass is 604 g/mol. The smallest absolute Gasteiger partial charge is 0.0497 e. The Balaban J connectivity index is 0.960. The van der Waals surface area contributed by atoms with Crippen molar-refractivity contribution in [1.29, 1.82) is 0 Å². The van der Waals surface area contributed by atoms with Gasteiger partial charge in [-0.1, -0.05) is 121 Å². The Labute approximate surface area is 275 Å². The van der Waals surface area contributed by atoms with Crippen molar-refractivity contribution in [3.8, 4) is 11.1 Å². The molecule has 2 heterocycles. The first-order valence-corrected chi connectivity index (χ1v) is 16.8. The first kappa shape index (κ1) is 27.7. The average Bonchev–Trinajstić information content (AvgIpc) is 3.75. The van der Waals surface area contributed by atoms with Crippen molar-refractivity contribution in [3.05, 3.63) is 155 Å². The number of aromatic nitrogens is 2. The highest BCUT2D eigenvalue weighted by atomic mass is 15.0. The van der Waals surface area contributed by atoms with Gasteiger partial charge >= 0.3 is 0 Å². The second-order valence-corrected chi connectivity index (χ2v) is 12.8. The van der Waals surface area contributed by atoms with Crippen LogP contribution in [0.3, 0.4) is 0 Å². The topological polar surface area (TPSA) is 9.86 Å². The SMILES string of the molecule is CCn1c2ccccc2c2ccc(/C=C/c3ccc4c(c3)Cc3cc(/C=C/c5ccc6c7ccccc7n(CC)c6c5)ccc3-4)cc21. The predicted molar refractivity (Wildman–Crippen MR) is 203 cm³/mol. The lowest BCUT2D eigenvalue weighted by atomic mass is 10.0. The summed E-state index contributed by atoms with van der Waals surface area (Å²) in [7, 11) is 0. The number of aryl methyl sites for hydroxylation is 2. The molecule has 0 radical (unpaired) electrons. The molecule has 47 heavy (non-hydrogen) atoms. The molecule has 8 aromatic rings. The molecule has 0 spiro atoms. The molecule has 0 atom stereocenters. The summed E-state index contributed by atoms with van der Waals surface area (Å²) < 4.78 is 4.84. The molecule has 1 aliphatic rings. The zero-order chi connectivity index (χ0) is 31.5. The third-order valence-corrected chi connectivity index (χ3v) is 10.1. The lowest BCUT2D eigenvalue weighted by Gasteiger charge is -2.04. The van der Waals surface area contributed by atoms with Crippen LogP contribution in [0, 0.1) is 0 Å². The average molecular weight is 605 g/mol. The van der Waals surface area contributed by atoms with Crippen molar-refractivity contribution in [3.63, 3.8) is 0 Å². The van der Waals surface area contributed by atoms with E-state index in [9.17, 15) is 0 Å². The Morgan fingerprint density at radius 3 is 1.26 bits per heavy atom. The van der Waals surface area contributed by atoms with E-state index in [1.54, 1.807) is 0 Å². The van der Waals surface area contributed by atoms with Crippen LogP contribution in [0.1, 0.15) is 47.2 Å². The fraction of sp³-hybridized carbons (Fsp3) is 0.111. The van der Waals surface area contributed by atoms with Gasteiger partial charge in [-0.2, -0.15) is 0 Å². The summed E-state index contributed by atoms with van der Waals surface area (Å²) in [5.74, 6) is 0. The van der Waals surface area contributed by atoms with E-state index in [-0.39, 0.29) is 0 Å². The van der Waals surface area contributed by atoms with Crippen LogP contribution in [-0.4, -0.2) is 9.13 Å². The van der Waals surface area contributed by atoms with E-state index in [4.69, 9.17) is 0 Å². The lowest BCUT2D eigenvalue weighted by molar-refractivity contribution is 0.827. The molecular formula is C45H36N2. The lowest BCUT2D eigenvalue weighted by Crippen LogP contribution is -1.92. The summed E-state index contributed by atoms with van der Waals surface area (Å²) in [6, 6.07) is 45.0. The first-order chi connectivity index (χ1) is 23.2. The Morgan fingerprint density at radius 2 is 0.809 bits per heavy atom. The standard InChI is InChI=1S/C45H36N2/c1-3-46-42-11-7-5-9-38(42)40-23-19-32(27-44(40)46)15-13-30-17-21-36-34(25-30)29-35-26-31(18-22-37(35)36)14-16-33-20-24-41-39-10-6-8-12-43(39)47(4-2)45(41)28-33/h5-28H,3-4,29H2,1-2H3/b15-13+,16-14+. The van der Waals surface area contributed by atoms with Crippen LogP contribution in [-0.2, 0) is 19.5 Å². The van der Waals surface area contributed by atoms with Crippen LogP contribution in [0.5, 0.6) is 0 Å². The molecule has 226 valence electrons. The highest BCUT2D eigenvalue weighted by molar-refractivity contribution is 6.09. The molecule has 0 bridgehead atoms. The largest absolute Gasteiger partial charge is 0.341 e. The van der Waals surface area contributed by atoms with Gasteiger partial charge in [0.05, 0.1) is 0 Å². The van der Waals surface area contributed by atoms with Crippen LogP contribution in [0.25, 0.3) is 79.0 Å². The van der Waals surface area contributed by atoms with E-state index in [1.165, 1.54) is 88.1 Å². The van der Waals surface area contributed by atoms with Gasteiger partial charge in [-0.05, 0) is 89.0 Å². The molecule has 2 heteroatoms. The first-order valence-electron chi connectivity index (χ1n) is 16.8. The van der Waals surface area contributed by atoms with Crippen LogP contribution in [0.4, 0.5) is 0 Å². The van der Waals surface area contributed by atoms with Gasteiger partial charge < -0.3 is 9.13 Å². The molecule has 0 aliphatic heterocycles. The van der Waals surface area contributed by atoms with Gasteiger partial charge in [0.1, 0.15) is 0 Å². The minimum Gasteiger partial charge on any atom is -0.341 e. The van der Waals surface area contributed by atoms with Gasteiger partial charge in [0.2, 0.25) is 0 Å². The van der Waals surface area contributed by atoms with Crippen LogP contribution < -0.4 is 0 Å². The number of hydrogen-bond acceptors (Lipinski definition) is 0. The minimum absolute atomic E-state index is 0.959. The highest BCUT2D eigenvalue weighted by Gasteiger charge is 2.18. The molecule has 0 saturated heterocycles. The predicted octanol–water partition coefficient (Wildman–Crippen LogP) is 11.9. The maximum atomic E-state index is 2.42. The summed E-state index contributed by atoms with van der Waals surface area (Å²) in [6.45, 7) is 6.37. The third kappa shape index (κ3) is 4.55. The van der Waals surface area contributed by atoms with E-state index < -0.39 is 0 Å². The van der Waals surface area contributed by atoms with Crippen molar-refractivity contribution in [1.82, 2.24) is 9.13 Å². The number of rotatable bonds is 6. The van der Waals surface area contributed by atoms with Gasteiger partial charge in [0, 0.05) is 56.7 Å². The van der Waals surface area contributed by atoms with Gasteiger partial charge in [0.15, 0.2) is 0 Å². The Kier molecular flexibility index (Phi) is 6.50. The number of benzene rings is 6. The maximum absolute atomic E-state index is 2.42. The minimum atomic E-state index is 0.959.